The quantitative estimate of drug-likeness (QED) is 0.290. The van der Waals surface area contributed by atoms with Gasteiger partial charge >= 0.3 is 51.4 Å². The van der Waals surface area contributed by atoms with Gasteiger partial charge in [0.05, 0.1) is 0 Å². The Labute approximate surface area is 86.0 Å². The normalized spacial score (nSPS) is 5.00. The summed E-state index contributed by atoms with van der Waals surface area (Å²) in [6.45, 7) is 3.56. The summed E-state index contributed by atoms with van der Waals surface area (Å²) in [5.74, 6) is 0. The van der Waals surface area contributed by atoms with Crippen LogP contribution in [0.2, 0.25) is 0 Å². The van der Waals surface area contributed by atoms with Crippen LogP contribution < -0.4 is 51.4 Å². The Kier molecular flexibility index (Phi) is 41.3. The van der Waals surface area contributed by atoms with Crippen LogP contribution >= 0.6 is 0 Å². The van der Waals surface area contributed by atoms with Gasteiger partial charge in [-0.15, -0.1) is 0 Å². The third-order valence-corrected chi connectivity index (χ3v) is 0.158. The average Bonchev–Trinajstić information content (AvgIpc) is 1.37. The molecule has 0 rings (SSSR count). The van der Waals surface area contributed by atoms with Crippen LogP contribution in [0.5, 0.6) is 0 Å². The van der Waals surface area contributed by atoms with Gasteiger partial charge in [0, 0.05) is 17.6 Å². The molecule has 0 aromatic heterocycles. The molecule has 0 saturated heterocycles. The Balaban J connectivity index is -0.0000000450. The smallest absolute Gasteiger partial charge is 0.399 e. The molecular weight excluding hydrogens is 119 g/mol. The van der Waals surface area contributed by atoms with Gasteiger partial charge in [-0.2, -0.15) is 6.42 Å². The van der Waals surface area contributed by atoms with Gasteiger partial charge in [-0.05, 0) is 0 Å². The Morgan fingerprint density at radius 3 is 1.67 bits per heavy atom. The molecule has 0 saturated carbocycles. The van der Waals surface area contributed by atoms with Crippen molar-refractivity contribution in [2.75, 3.05) is 6.61 Å². The monoisotopic (exact) mass is 126 g/mol. The van der Waals surface area contributed by atoms with Crippen molar-refractivity contribution in [3.05, 3.63) is 6.92 Å². The number of hydrogen-bond donors (Lipinski definition) is 1. The van der Waals surface area contributed by atoms with Crippen molar-refractivity contribution in [1.29, 1.82) is 0 Å². The van der Waals surface area contributed by atoms with E-state index in [0.29, 0.717) is 6.42 Å². The van der Waals surface area contributed by atoms with Gasteiger partial charge in [0.25, 0.3) is 0 Å². The maximum absolute atomic E-state index is 7.81. The van der Waals surface area contributed by atoms with Crippen molar-refractivity contribution in [2.24, 2.45) is 0 Å². The van der Waals surface area contributed by atoms with Gasteiger partial charge in [-0.3, -0.25) is 0 Å². The molecule has 0 aromatic carbocycles. The van der Waals surface area contributed by atoms with Crippen molar-refractivity contribution < 1.29 is 56.5 Å². The molecule has 0 amide bonds. The van der Waals surface area contributed by atoms with E-state index in [1.54, 1.807) is 0 Å². The SMILES string of the molecule is [CH2-]CCO.[K+].[Si]. The Morgan fingerprint density at radius 2 is 1.67 bits per heavy atom. The molecule has 0 heterocycles. The van der Waals surface area contributed by atoms with E-state index in [9.17, 15) is 0 Å². The molecule has 30 valence electrons. The van der Waals surface area contributed by atoms with Crippen LogP contribution in [0.25, 0.3) is 0 Å². The molecule has 6 heavy (non-hydrogen) atoms. The number of rotatable bonds is 1. The van der Waals surface area contributed by atoms with Crippen molar-refractivity contribution in [3.63, 3.8) is 0 Å². The summed E-state index contributed by atoms with van der Waals surface area (Å²) >= 11 is 0. The minimum Gasteiger partial charge on any atom is -0.399 e. The largest absolute Gasteiger partial charge is 1.00 e. The summed E-state index contributed by atoms with van der Waals surface area (Å²) in [4.78, 5) is 0. The molecule has 3 heteroatoms. The summed E-state index contributed by atoms with van der Waals surface area (Å²) in [7, 11) is 0. The minimum atomic E-state index is 0. The van der Waals surface area contributed by atoms with Gasteiger partial charge in [-0.25, -0.2) is 0 Å². The van der Waals surface area contributed by atoms with Crippen LogP contribution in [0.15, 0.2) is 0 Å². The Bertz CT molecular complexity index is 12.8. The van der Waals surface area contributed by atoms with Crippen molar-refractivity contribution in [1.82, 2.24) is 0 Å². The predicted molar refractivity (Wildman–Crippen MR) is 22.8 cm³/mol. The van der Waals surface area contributed by atoms with Gasteiger partial charge < -0.3 is 12.0 Å². The fraction of sp³-hybridized carbons (Fsp3) is 0.667. The first-order chi connectivity index (χ1) is 1.91. The van der Waals surface area contributed by atoms with E-state index in [1.807, 2.05) is 0 Å². The maximum atomic E-state index is 7.81. The van der Waals surface area contributed by atoms with E-state index < -0.39 is 0 Å². The van der Waals surface area contributed by atoms with Crippen LogP contribution in [0.4, 0.5) is 0 Å². The minimum absolute atomic E-state index is 0. The van der Waals surface area contributed by atoms with Crippen LogP contribution in [0.1, 0.15) is 6.42 Å². The molecule has 0 aromatic rings. The summed E-state index contributed by atoms with van der Waals surface area (Å²) in [6, 6.07) is 0. The summed E-state index contributed by atoms with van der Waals surface area (Å²) in [5, 5.41) is 7.81. The van der Waals surface area contributed by atoms with Crippen molar-refractivity contribution >= 4 is 11.0 Å². The number of aliphatic hydroxyl groups excluding tert-OH is 1. The average molecular weight is 126 g/mol. The molecule has 0 fully saturated rings. The van der Waals surface area contributed by atoms with Gasteiger partial charge in [0.15, 0.2) is 0 Å². The second-order valence-electron chi connectivity index (χ2n) is 0.577. The molecule has 0 atom stereocenters. The summed E-state index contributed by atoms with van der Waals surface area (Å²) in [5.41, 5.74) is 0. The summed E-state index contributed by atoms with van der Waals surface area (Å²) in [6.07, 6.45) is 0.625. The van der Waals surface area contributed by atoms with Crippen LogP contribution in [-0.4, -0.2) is 22.7 Å². The molecule has 1 nitrogen and oxygen atoms in total. The molecule has 0 aliphatic rings. The zero-order chi connectivity index (χ0) is 3.41. The van der Waals surface area contributed by atoms with E-state index in [2.05, 4.69) is 6.92 Å². The topological polar surface area (TPSA) is 20.2 Å². The zero-order valence-electron chi connectivity index (χ0n) is 4.07. The fourth-order valence-corrected chi connectivity index (χ4v) is 0. The molecule has 1 N–H and O–H groups in total. The number of hydrogen-bond acceptors (Lipinski definition) is 1. The molecule has 0 bridgehead atoms. The van der Waals surface area contributed by atoms with Gasteiger partial charge in [-0.1, -0.05) is 0 Å². The van der Waals surface area contributed by atoms with Gasteiger partial charge in [0.1, 0.15) is 0 Å². The molecule has 4 radical (unpaired) electrons. The second kappa shape index (κ2) is 15.8. The molecule has 0 aliphatic heterocycles. The first kappa shape index (κ1) is 15.7. The van der Waals surface area contributed by atoms with E-state index in [1.165, 1.54) is 0 Å². The van der Waals surface area contributed by atoms with Crippen molar-refractivity contribution in [2.45, 2.75) is 6.42 Å². The standard InChI is InChI=1S/C3H7O.K.Si/c1-2-3-4;;/h4H,1-3H2;;/q-1;+1;. The Hall–Kier alpha value is 1.81. The maximum Gasteiger partial charge on any atom is 1.00 e. The van der Waals surface area contributed by atoms with Crippen LogP contribution in [-0.2, 0) is 0 Å². The van der Waals surface area contributed by atoms with E-state index in [-0.39, 0.29) is 69.0 Å². The first-order valence-electron chi connectivity index (χ1n) is 1.32. The predicted octanol–water partition coefficient (Wildman–Crippen LogP) is -3.17. The van der Waals surface area contributed by atoms with Crippen LogP contribution in [0, 0.1) is 6.92 Å². The first-order valence-corrected chi connectivity index (χ1v) is 1.32. The zero-order valence-corrected chi connectivity index (χ0v) is 8.19. The molecule has 0 spiro atoms. The molecular formula is C3H7KOSi. The van der Waals surface area contributed by atoms with E-state index in [4.69, 9.17) is 5.11 Å². The summed E-state index contributed by atoms with van der Waals surface area (Å²) < 4.78 is 0. The molecule has 0 aliphatic carbocycles. The van der Waals surface area contributed by atoms with Crippen molar-refractivity contribution in [3.8, 4) is 0 Å². The van der Waals surface area contributed by atoms with E-state index in [0.717, 1.165) is 0 Å². The second-order valence-corrected chi connectivity index (χ2v) is 0.577. The third kappa shape index (κ3) is 17.0. The fourth-order valence-electron chi connectivity index (χ4n) is 0. The molecule has 0 unspecified atom stereocenters. The number of aliphatic hydroxyl groups is 1. The van der Waals surface area contributed by atoms with Gasteiger partial charge in [0.2, 0.25) is 0 Å². The Morgan fingerprint density at radius 1 is 1.50 bits per heavy atom. The van der Waals surface area contributed by atoms with E-state index >= 15 is 0 Å². The van der Waals surface area contributed by atoms with Crippen LogP contribution in [0.3, 0.4) is 0 Å². The third-order valence-electron chi connectivity index (χ3n) is 0.158.